The molecule has 1 atom stereocenters. The fourth-order valence-corrected chi connectivity index (χ4v) is 2.48. The summed E-state index contributed by atoms with van der Waals surface area (Å²) in [5.74, 6) is 0.624. The third kappa shape index (κ3) is 4.38. The van der Waals surface area contributed by atoms with Crippen molar-refractivity contribution in [2.24, 2.45) is 5.92 Å². The van der Waals surface area contributed by atoms with E-state index in [0.29, 0.717) is 12.0 Å². The van der Waals surface area contributed by atoms with E-state index in [9.17, 15) is 10.1 Å². The Morgan fingerprint density at radius 2 is 2.11 bits per heavy atom. The zero-order valence-corrected chi connectivity index (χ0v) is 12.5. The maximum Gasteiger partial charge on any atom is 0.270 e. The molecule has 1 aromatic rings. The van der Waals surface area contributed by atoms with Gasteiger partial charge in [0.25, 0.3) is 5.69 Å². The fraction of sp³-hybridized carbons (Fsp3) is 0.538. The minimum Gasteiger partial charge on any atom is -0.317 e. The van der Waals surface area contributed by atoms with Gasteiger partial charge in [-0.25, -0.2) is 0 Å². The molecule has 1 aromatic carbocycles. The molecule has 0 aliphatic rings. The second-order valence-corrected chi connectivity index (χ2v) is 5.71. The van der Waals surface area contributed by atoms with Crippen LogP contribution in [0.4, 0.5) is 5.69 Å². The number of hydrogen-bond donors (Lipinski definition) is 1. The highest BCUT2D eigenvalue weighted by atomic mass is 79.9. The first-order valence-electron chi connectivity index (χ1n) is 6.04. The van der Waals surface area contributed by atoms with Crippen molar-refractivity contribution >= 4 is 21.6 Å². The van der Waals surface area contributed by atoms with Gasteiger partial charge in [-0.15, -0.1) is 0 Å². The zero-order chi connectivity index (χ0) is 13.7. The summed E-state index contributed by atoms with van der Waals surface area (Å²) in [4.78, 5) is 10.3. The van der Waals surface area contributed by atoms with Gasteiger partial charge in [-0.3, -0.25) is 10.1 Å². The Morgan fingerprint density at radius 1 is 1.44 bits per heavy atom. The summed E-state index contributed by atoms with van der Waals surface area (Å²) in [6.07, 6.45) is 1.95. The van der Waals surface area contributed by atoms with E-state index in [2.05, 4.69) is 35.1 Å². The van der Waals surface area contributed by atoms with Gasteiger partial charge in [-0.2, -0.15) is 0 Å². The molecule has 0 saturated carbocycles. The van der Waals surface area contributed by atoms with Gasteiger partial charge in [0.2, 0.25) is 0 Å². The van der Waals surface area contributed by atoms with Gasteiger partial charge in [-0.1, -0.05) is 35.8 Å². The van der Waals surface area contributed by atoms with Crippen LogP contribution in [0.25, 0.3) is 0 Å². The van der Waals surface area contributed by atoms with Crippen molar-refractivity contribution in [2.45, 2.75) is 32.7 Å². The molecule has 0 heterocycles. The molecule has 1 unspecified atom stereocenters. The number of benzene rings is 1. The van der Waals surface area contributed by atoms with E-state index in [0.717, 1.165) is 22.9 Å². The Labute approximate surface area is 116 Å². The van der Waals surface area contributed by atoms with Crippen molar-refractivity contribution in [3.63, 3.8) is 0 Å². The lowest BCUT2D eigenvalue weighted by atomic mass is 9.97. The monoisotopic (exact) mass is 314 g/mol. The number of hydrogen-bond acceptors (Lipinski definition) is 3. The summed E-state index contributed by atoms with van der Waals surface area (Å²) < 4.78 is 0.806. The number of rotatable bonds is 6. The van der Waals surface area contributed by atoms with E-state index in [1.165, 1.54) is 0 Å². The summed E-state index contributed by atoms with van der Waals surface area (Å²) in [5.41, 5.74) is 1.22. The van der Waals surface area contributed by atoms with E-state index < -0.39 is 0 Å². The van der Waals surface area contributed by atoms with Crippen LogP contribution in [0.2, 0.25) is 0 Å². The van der Waals surface area contributed by atoms with Gasteiger partial charge in [0, 0.05) is 22.6 Å². The molecule has 0 aliphatic carbocycles. The molecule has 1 N–H and O–H groups in total. The second kappa shape index (κ2) is 6.85. The van der Waals surface area contributed by atoms with Crippen molar-refractivity contribution in [3.8, 4) is 0 Å². The van der Waals surface area contributed by atoms with Gasteiger partial charge < -0.3 is 5.32 Å². The normalized spacial score (nSPS) is 12.7. The lowest BCUT2D eigenvalue weighted by Crippen LogP contribution is -2.29. The molecule has 0 aliphatic heterocycles. The standard InChI is InChI=1S/C13H19BrN2O2/c1-9(2)6-11(15-3)7-10-4-5-12(16(17)18)8-13(10)14/h4-5,8-9,11,15H,6-7H2,1-3H3. The maximum absolute atomic E-state index is 10.7. The van der Waals surface area contributed by atoms with Crippen LogP contribution in [0.5, 0.6) is 0 Å². The van der Waals surface area contributed by atoms with Crippen LogP contribution in [0, 0.1) is 16.0 Å². The predicted molar refractivity (Wildman–Crippen MR) is 76.8 cm³/mol. The van der Waals surface area contributed by atoms with Crippen molar-refractivity contribution in [2.75, 3.05) is 7.05 Å². The summed E-state index contributed by atoms with van der Waals surface area (Å²) in [7, 11) is 1.95. The highest BCUT2D eigenvalue weighted by molar-refractivity contribution is 9.10. The number of nitro groups is 1. The summed E-state index contributed by atoms with van der Waals surface area (Å²) in [6, 6.07) is 5.34. The number of nitrogens with one attached hydrogen (secondary N) is 1. The summed E-state index contributed by atoms with van der Waals surface area (Å²) in [6.45, 7) is 4.38. The van der Waals surface area contributed by atoms with E-state index >= 15 is 0 Å². The predicted octanol–water partition coefficient (Wildman–Crippen LogP) is 3.53. The third-order valence-electron chi connectivity index (χ3n) is 2.88. The minimum absolute atomic E-state index is 0.121. The van der Waals surface area contributed by atoms with Crippen LogP contribution in [-0.4, -0.2) is 18.0 Å². The molecular formula is C13H19BrN2O2. The summed E-state index contributed by atoms with van der Waals surface area (Å²) in [5, 5.41) is 14.0. The summed E-state index contributed by atoms with van der Waals surface area (Å²) >= 11 is 3.41. The Balaban J connectivity index is 2.80. The second-order valence-electron chi connectivity index (χ2n) is 4.85. The van der Waals surface area contributed by atoms with Crippen LogP contribution >= 0.6 is 15.9 Å². The van der Waals surface area contributed by atoms with Crippen LogP contribution in [0.1, 0.15) is 25.8 Å². The maximum atomic E-state index is 10.7. The van der Waals surface area contributed by atoms with E-state index in [1.807, 2.05) is 13.1 Å². The van der Waals surface area contributed by atoms with Crippen LogP contribution < -0.4 is 5.32 Å². The Hall–Kier alpha value is -0.940. The zero-order valence-electron chi connectivity index (χ0n) is 10.9. The Kier molecular flexibility index (Phi) is 5.75. The van der Waals surface area contributed by atoms with Gasteiger partial charge in [0.05, 0.1) is 4.92 Å². The van der Waals surface area contributed by atoms with Crippen molar-refractivity contribution in [1.29, 1.82) is 0 Å². The smallest absolute Gasteiger partial charge is 0.270 e. The molecule has 0 spiro atoms. The average molecular weight is 315 g/mol. The SMILES string of the molecule is CNC(Cc1ccc([N+](=O)[O-])cc1Br)CC(C)C. The Morgan fingerprint density at radius 3 is 2.56 bits per heavy atom. The first-order chi connectivity index (χ1) is 8.43. The third-order valence-corrected chi connectivity index (χ3v) is 3.62. The number of nitrogens with zero attached hydrogens (tertiary/aromatic N) is 1. The molecule has 5 heteroatoms. The van der Waals surface area contributed by atoms with Gasteiger partial charge in [0.1, 0.15) is 0 Å². The lowest BCUT2D eigenvalue weighted by Gasteiger charge is -2.19. The number of nitro benzene ring substituents is 1. The molecule has 0 aromatic heterocycles. The fourth-order valence-electron chi connectivity index (χ4n) is 1.95. The molecule has 0 saturated heterocycles. The van der Waals surface area contributed by atoms with E-state index in [4.69, 9.17) is 0 Å². The van der Waals surface area contributed by atoms with Gasteiger partial charge >= 0.3 is 0 Å². The van der Waals surface area contributed by atoms with Crippen molar-refractivity contribution in [3.05, 3.63) is 38.3 Å². The van der Waals surface area contributed by atoms with Gasteiger partial charge in [0.15, 0.2) is 0 Å². The topological polar surface area (TPSA) is 55.2 Å². The van der Waals surface area contributed by atoms with Crippen molar-refractivity contribution in [1.82, 2.24) is 5.32 Å². The number of halogens is 1. The Bertz CT molecular complexity index is 421. The molecule has 4 nitrogen and oxygen atoms in total. The van der Waals surface area contributed by atoms with Crippen LogP contribution in [0.3, 0.4) is 0 Å². The first kappa shape index (κ1) is 15.1. The molecule has 1 rings (SSSR count). The van der Waals surface area contributed by atoms with Crippen LogP contribution in [-0.2, 0) is 6.42 Å². The largest absolute Gasteiger partial charge is 0.317 e. The highest BCUT2D eigenvalue weighted by Gasteiger charge is 2.14. The van der Waals surface area contributed by atoms with E-state index in [-0.39, 0.29) is 10.6 Å². The molecule has 100 valence electrons. The quantitative estimate of drug-likeness (QED) is 0.645. The molecular weight excluding hydrogens is 296 g/mol. The molecule has 0 amide bonds. The number of likely N-dealkylation sites (N-methyl/N-ethyl adjacent to an activating group) is 1. The average Bonchev–Trinajstić information content (AvgIpc) is 2.29. The van der Waals surface area contributed by atoms with Gasteiger partial charge in [-0.05, 0) is 31.4 Å². The molecule has 18 heavy (non-hydrogen) atoms. The van der Waals surface area contributed by atoms with E-state index in [1.54, 1.807) is 12.1 Å². The number of non-ortho nitro benzene ring substituents is 1. The van der Waals surface area contributed by atoms with Crippen molar-refractivity contribution < 1.29 is 4.92 Å². The minimum atomic E-state index is -0.377. The molecule has 0 radical (unpaired) electrons. The molecule has 0 bridgehead atoms. The molecule has 0 fully saturated rings. The first-order valence-corrected chi connectivity index (χ1v) is 6.83. The highest BCUT2D eigenvalue weighted by Crippen LogP contribution is 2.24. The van der Waals surface area contributed by atoms with Crippen LogP contribution in [0.15, 0.2) is 22.7 Å². The lowest BCUT2D eigenvalue weighted by molar-refractivity contribution is -0.384.